The van der Waals surface area contributed by atoms with Gasteiger partial charge in [-0.3, -0.25) is 9.58 Å². The Balaban J connectivity index is 2.14. The molecule has 1 aromatic rings. The van der Waals surface area contributed by atoms with E-state index in [1.807, 2.05) is 22.0 Å². The van der Waals surface area contributed by atoms with Gasteiger partial charge in [0.25, 0.3) is 0 Å². The zero-order chi connectivity index (χ0) is 13.2. The van der Waals surface area contributed by atoms with Crippen molar-refractivity contribution in [3.05, 3.63) is 18.0 Å². The highest BCUT2D eigenvalue weighted by Crippen LogP contribution is 2.32. The average molecular weight is 250 g/mol. The molecule has 0 radical (unpaired) electrons. The number of likely N-dealkylation sites (tertiary alicyclic amines) is 1. The molecule has 0 spiro atoms. The molecule has 1 fully saturated rings. The van der Waals surface area contributed by atoms with Crippen LogP contribution in [0.15, 0.2) is 12.4 Å². The summed E-state index contributed by atoms with van der Waals surface area (Å²) in [7, 11) is 0. The molecule has 4 nitrogen and oxygen atoms in total. The monoisotopic (exact) mass is 250 g/mol. The Morgan fingerprint density at radius 3 is 2.78 bits per heavy atom. The fraction of sp³-hybridized carbons (Fsp3) is 0.692. The highest BCUT2D eigenvalue weighted by Gasteiger charge is 2.45. The highest BCUT2D eigenvalue weighted by molar-refractivity contribution is 5.14. The van der Waals surface area contributed by atoms with E-state index in [0.29, 0.717) is 32.0 Å². The van der Waals surface area contributed by atoms with Gasteiger partial charge in [-0.15, -0.1) is 0 Å². The van der Waals surface area contributed by atoms with Crippen molar-refractivity contribution in [1.82, 2.24) is 14.7 Å². The minimum atomic E-state index is -0.334. The van der Waals surface area contributed by atoms with Crippen LogP contribution in [0.1, 0.15) is 31.7 Å². The van der Waals surface area contributed by atoms with Gasteiger partial charge in [-0.2, -0.15) is 10.4 Å². The predicted octanol–water partition coefficient (Wildman–Crippen LogP) is 1.90. The summed E-state index contributed by atoms with van der Waals surface area (Å²) in [5.74, 6) is 0.430. The molecule has 0 bridgehead atoms. The van der Waals surface area contributed by atoms with Gasteiger partial charge in [0, 0.05) is 25.8 Å². The third-order valence-electron chi connectivity index (χ3n) is 3.60. The molecule has 0 aliphatic carbocycles. The van der Waals surface area contributed by atoms with E-state index in [0.717, 1.165) is 0 Å². The van der Waals surface area contributed by atoms with Crippen molar-refractivity contribution in [3.8, 4) is 6.07 Å². The first-order chi connectivity index (χ1) is 8.61. The molecule has 1 aromatic heterocycles. The Kier molecular flexibility index (Phi) is 3.67. The maximum atomic E-state index is 12.3. The fourth-order valence-corrected chi connectivity index (χ4v) is 2.44. The molecule has 0 saturated carbocycles. The first kappa shape index (κ1) is 13.0. The summed E-state index contributed by atoms with van der Waals surface area (Å²) in [6, 6.07) is 2.23. The Bertz CT molecular complexity index is 440. The summed E-state index contributed by atoms with van der Waals surface area (Å²) in [5, 5.41) is 13.4. The van der Waals surface area contributed by atoms with Crippen LogP contribution in [0.2, 0.25) is 0 Å². The lowest BCUT2D eigenvalue weighted by Gasteiger charge is -2.48. The lowest BCUT2D eigenvalue weighted by Crippen LogP contribution is -2.62. The Hall–Kier alpha value is -1.41. The number of hydrogen-bond acceptors (Lipinski definition) is 3. The molecule has 1 aliphatic heterocycles. The van der Waals surface area contributed by atoms with E-state index >= 15 is 0 Å². The number of rotatable bonds is 5. The normalized spacial score (nSPS) is 18.6. The van der Waals surface area contributed by atoms with Crippen molar-refractivity contribution in [2.75, 3.05) is 26.3 Å². The summed E-state index contributed by atoms with van der Waals surface area (Å²) >= 11 is 0. The molecule has 0 aromatic carbocycles. The molecule has 0 unspecified atom stereocenters. The van der Waals surface area contributed by atoms with Crippen LogP contribution in [0.4, 0.5) is 4.39 Å². The largest absolute Gasteiger partial charge is 0.296 e. The van der Waals surface area contributed by atoms with Crippen LogP contribution in [0.25, 0.3) is 0 Å². The molecular formula is C13H19FN4. The summed E-state index contributed by atoms with van der Waals surface area (Å²) in [4.78, 5) is 2.02. The quantitative estimate of drug-likeness (QED) is 0.801. The van der Waals surface area contributed by atoms with Crippen molar-refractivity contribution in [3.63, 3.8) is 0 Å². The number of alkyl halides is 1. The molecule has 2 rings (SSSR count). The van der Waals surface area contributed by atoms with Crippen molar-refractivity contribution in [2.45, 2.75) is 31.7 Å². The van der Waals surface area contributed by atoms with Crippen LogP contribution in [0.3, 0.4) is 0 Å². The predicted molar refractivity (Wildman–Crippen MR) is 66.9 cm³/mol. The molecule has 18 heavy (non-hydrogen) atoms. The van der Waals surface area contributed by atoms with Gasteiger partial charge in [-0.1, -0.05) is 13.8 Å². The second-order valence-electron chi connectivity index (χ2n) is 5.33. The van der Waals surface area contributed by atoms with Gasteiger partial charge in [-0.05, 0) is 11.5 Å². The molecule has 5 heteroatoms. The number of hydrogen-bond donors (Lipinski definition) is 0. The standard InChI is InChI=1S/C13H19FN4/c1-11(2)12-7-16-18(8-12)13(3-5-15)9-17(10-13)6-4-14/h7-8,11H,3-4,6,9-10H2,1-2H3. The third kappa shape index (κ3) is 2.25. The van der Waals surface area contributed by atoms with Crippen molar-refractivity contribution in [1.29, 1.82) is 5.26 Å². The second-order valence-corrected chi connectivity index (χ2v) is 5.33. The first-order valence-electron chi connectivity index (χ1n) is 6.31. The number of nitriles is 1. The summed E-state index contributed by atoms with van der Waals surface area (Å²) in [5.41, 5.74) is 0.924. The lowest BCUT2D eigenvalue weighted by molar-refractivity contribution is 0.00189. The van der Waals surface area contributed by atoms with E-state index in [2.05, 4.69) is 25.0 Å². The van der Waals surface area contributed by atoms with Crippen LogP contribution < -0.4 is 0 Å². The Labute approximate surface area is 107 Å². The zero-order valence-electron chi connectivity index (χ0n) is 10.9. The second kappa shape index (κ2) is 5.07. The highest BCUT2D eigenvalue weighted by atomic mass is 19.1. The third-order valence-corrected chi connectivity index (χ3v) is 3.60. The molecule has 0 N–H and O–H groups in total. The maximum absolute atomic E-state index is 12.3. The van der Waals surface area contributed by atoms with E-state index in [-0.39, 0.29) is 12.2 Å². The minimum absolute atomic E-state index is 0.253. The SMILES string of the molecule is CC(C)c1cnn(C2(CC#N)CN(CCF)C2)c1. The summed E-state index contributed by atoms with van der Waals surface area (Å²) in [6.45, 7) is 5.78. The van der Waals surface area contributed by atoms with E-state index in [4.69, 9.17) is 5.26 Å². The van der Waals surface area contributed by atoms with Gasteiger partial charge in [-0.25, -0.2) is 4.39 Å². The molecule has 98 valence electrons. The molecule has 1 aliphatic rings. The van der Waals surface area contributed by atoms with Gasteiger partial charge in [0.05, 0.1) is 18.7 Å². The molecule has 2 heterocycles. The van der Waals surface area contributed by atoms with Gasteiger partial charge in [0.2, 0.25) is 0 Å². The van der Waals surface area contributed by atoms with Crippen LogP contribution in [-0.2, 0) is 5.54 Å². The summed E-state index contributed by atoms with van der Waals surface area (Å²) < 4.78 is 14.2. The maximum Gasteiger partial charge on any atom is 0.102 e. The fourth-order valence-electron chi connectivity index (χ4n) is 2.44. The van der Waals surface area contributed by atoms with Crippen LogP contribution in [-0.4, -0.2) is 41.0 Å². The molecule has 1 saturated heterocycles. The smallest absolute Gasteiger partial charge is 0.102 e. The molecular weight excluding hydrogens is 231 g/mol. The van der Waals surface area contributed by atoms with Crippen LogP contribution in [0, 0.1) is 11.3 Å². The van der Waals surface area contributed by atoms with Gasteiger partial charge >= 0.3 is 0 Å². The Morgan fingerprint density at radius 2 is 2.28 bits per heavy atom. The van der Waals surface area contributed by atoms with Gasteiger partial charge in [0.1, 0.15) is 12.2 Å². The van der Waals surface area contributed by atoms with E-state index < -0.39 is 0 Å². The van der Waals surface area contributed by atoms with Gasteiger partial charge < -0.3 is 0 Å². The van der Waals surface area contributed by atoms with Gasteiger partial charge in [0.15, 0.2) is 0 Å². The van der Waals surface area contributed by atoms with Crippen molar-refractivity contribution in [2.24, 2.45) is 0 Å². The number of aromatic nitrogens is 2. The van der Waals surface area contributed by atoms with Crippen LogP contribution in [0.5, 0.6) is 0 Å². The Morgan fingerprint density at radius 1 is 1.56 bits per heavy atom. The van der Waals surface area contributed by atoms with E-state index in [9.17, 15) is 4.39 Å². The van der Waals surface area contributed by atoms with Crippen LogP contribution >= 0.6 is 0 Å². The topological polar surface area (TPSA) is 44.9 Å². The lowest BCUT2D eigenvalue weighted by atomic mass is 9.87. The number of halogens is 1. The zero-order valence-corrected chi connectivity index (χ0v) is 10.9. The van der Waals surface area contributed by atoms with Crippen molar-refractivity contribution < 1.29 is 4.39 Å². The number of nitrogens with zero attached hydrogens (tertiary/aromatic N) is 4. The summed E-state index contributed by atoms with van der Waals surface area (Å²) in [6.07, 6.45) is 4.31. The average Bonchev–Trinajstić information content (AvgIpc) is 2.75. The minimum Gasteiger partial charge on any atom is -0.296 e. The molecule has 0 atom stereocenters. The first-order valence-corrected chi connectivity index (χ1v) is 6.31. The van der Waals surface area contributed by atoms with Crippen molar-refractivity contribution >= 4 is 0 Å². The van der Waals surface area contributed by atoms with E-state index in [1.165, 1.54) is 5.56 Å². The van der Waals surface area contributed by atoms with E-state index in [1.54, 1.807) is 0 Å². The molecule has 0 amide bonds.